The summed E-state index contributed by atoms with van der Waals surface area (Å²) in [5.41, 5.74) is 6.50. The van der Waals surface area contributed by atoms with Crippen LogP contribution in [-0.2, 0) is 20.8 Å². The van der Waals surface area contributed by atoms with Crippen molar-refractivity contribution in [2.75, 3.05) is 0 Å². The molecule has 0 saturated carbocycles. The van der Waals surface area contributed by atoms with Crippen molar-refractivity contribution in [3.8, 4) is 0 Å². The van der Waals surface area contributed by atoms with Crippen LogP contribution >= 0.6 is 17.0 Å². The number of halogens is 2. The normalized spacial score (nSPS) is 33.3. The Bertz CT molecular complexity index is 363. The van der Waals surface area contributed by atoms with Crippen LogP contribution in [-0.4, -0.2) is 0 Å². The molecule has 0 fully saturated rings. The SMILES string of the molecule is CC1=C(C)[C@H](C)C(C)[C@@H]1C.CC1=C(C)[C@H](C)C(C)[C@@H]1C.[CH3-].[CH3-].[Cl][Zr+2][Cl]. The zero-order valence-electron chi connectivity index (χ0n) is 18.7. The first-order valence-corrected chi connectivity index (χ1v) is 15.2. The molecular weight excluding hydrogens is 426 g/mol. The van der Waals surface area contributed by atoms with E-state index in [2.05, 4.69) is 69.2 Å². The fraction of sp³-hybridized carbons (Fsp3) is 0.727. The van der Waals surface area contributed by atoms with Gasteiger partial charge in [-0.3, -0.25) is 0 Å². The van der Waals surface area contributed by atoms with Gasteiger partial charge in [-0.05, 0) is 63.2 Å². The molecule has 0 amide bonds. The topological polar surface area (TPSA) is 0 Å². The molecule has 2 aliphatic carbocycles. The van der Waals surface area contributed by atoms with Crippen molar-refractivity contribution >= 4 is 17.0 Å². The van der Waals surface area contributed by atoms with Gasteiger partial charge < -0.3 is 14.9 Å². The summed E-state index contributed by atoms with van der Waals surface area (Å²) < 4.78 is 0. The Labute approximate surface area is 178 Å². The monoisotopic (exact) mass is 466 g/mol. The van der Waals surface area contributed by atoms with Crippen LogP contribution in [0, 0.1) is 50.4 Å². The molecule has 25 heavy (non-hydrogen) atoms. The van der Waals surface area contributed by atoms with Gasteiger partial charge in [0.15, 0.2) is 0 Å². The summed E-state index contributed by atoms with van der Waals surface area (Å²) in [4.78, 5) is 0. The molecular formula is C22H42Cl2Zr. The summed E-state index contributed by atoms with van der Waals surface area (Å²) >= 11 is -0.826. The van der Waals surface area contributed by atoms with Crippen LogP contribution in [0.1, 0.15) is 69.2 Å². The molecule has 0 saturated heterocycles. The minimum absolute atomic E-state index is 0. The van der Waals surface area contributed by atoms with Gasteiger partial charge in [-0.1, -0.05) is 63.8 Å². The Morgan fingerprint density at radius 2 is 0.640 bits per heavy atom. The van der Waals surface area contributed by atoms with Gasteiger partial charge in [-0.2, -0.15) is 0 Å². The van der Waals surface area contributed by atoms with Crippen molar-refractivity contribution in [2.45, 2.75) is 69.2 Å². The first-order valence-electron chi connectivity index (χ1n) is 8.83. The van der Waals surface area contributed by atoms with E-state index in [1.807, 2.05) is 0 Å². The second-order valence-electron chi connectivity index (χ2n) is 7.68. The average Bonchev–Trinajstić information content (AvgIpc) is 2.80. The minimum atomic E-state index is -0.826. The quantitative estimate of drug-likeness (QED) is 0.246. The van der Waals surface area contributed by atoms with Gasteiger partial charge in [0.2, 0.25) is 0 Å². The molecule has 2 unspecified atom stereocenters. The summed E-state index contributed by atoms with van der Waals surface area (Å²) in [5, 5.41) is 0. The Morgan fingerprint density at radius 1 is 0.520 bits per heavy atom. The molecule has 2 aliphatic rings. The molecule has 0 aromatic carbocycles. The summed E-state index contributed by atoms with van der Waals surface area (Å²) in [6.45, 7) is 23.2. The van der Waals surface area contributed by atoms with E-state index in [4.69, 9.17) is 17.0 Å². The van der Waals surface area contributed by atoms with Crippen molar-refractivity contribution < 1.29 is 20.8 Å². The summed E-state index contributed by atoms with van der Waals surface area (Å²) in [6, 6.07) is 0. The summed E-state index contributed by atoms with van der Waals surface area (Å²) in [5.74, 6) is 4.98. The molecule has 0 aromatic rings. The Morgan fingerprint density at radius 3 is 0.680 bits per heavy atom. The molecule has 0 N–H and O–H groups in total. The summed E-state index contributed by atoms with van der Waals surface area (Å²) in [6.07, 6.45) is 0. The predicted octanol–water partition coefficient (Wildman–Crippen LogP) is 8.77. The van der Waals surface area contributed by atoms with Gasteiger partial charge in [0, 0.05) is 0 Å². The standard InChI is InChI=1S/2C10H18.2CH3.2ClH.Zr/c2*1-6-7(2)9(4)10(5)8(6)3;;;;;/h2*6-8H,1-5H3;2*1H3;2*1H;/q;;2*-1;;;+4/p-2/t2*6?,7-,8+;;;;;. The van der Waals surface area contributed by atoms with Crippen LogP contribution in [0.3, 0.4) is 0 Å². The van der Waals surface area contributed by atoms with Crippen molar-refractivity contribution in [3.05, 3.63) is 37.1 Å². The molecule has 0 aliphatic heterocycles. The summed E-state index contributed by atoms with van der Waals surface area (Å²) in [7, 11) is 9.87. The molecule has 148 valence electrons. The van der Waals surface area contributed by atoms with Crippen LogP contribution < -0.4 is 0 Å². The zero-order chi connectivity index (χ0) is 18.5. The van der Waals surface area contributed by atoms with Crippen molar-refractivity contribution in [2.24, 2.45) is 35.5 Å². The van der Waals surface area contributed by atoms with E-state index < -0.39 is 20.8 Å². The Kier molecular flexibility index (Phi) is 17.2. The van der Waals surface area contributed by atoms with Gasteiger partial charge in [0.05, 0.1) is 0 Å². The molecule has 0 nitrogen and oxygen atoms in total. The molecule has 0 bridgehead atoms. The maximum atomic E-state index is 4.93. The van der Waals surface area contributed by atoms with E-state index >= 15 is 0 Å². The molecule has 2 rings (SSSR count). The number of rotatable bonds is 0. The second-order valence-corrected chi connectivity index (χ2v) is 11.4. The number of hydrogen-bond acceptors (Lipinski definition) is 0. The van der Waals surface area contributed by atoms with Crippen LogP contribution in [0.25, 0.3) is 0 Å². The number of allylic oxidation sites excluding steroid dienone is 4. The molecule has 0 spiro atoms. The van der Waals surface area contributed by atoms with E-state index in [0.717, 1.165) is 35.5 Å². The average molecular weight is 469 g/mol. The van der Waals surface area contributed by atoms with Crippen molar-refractivity contribution in [1.82, 2.24) is 0 Å². The van der Waals surface area contributed by atoms with Gasteiger partial charge in [0.25, 0.3) is 0 Å². The van der Waals surface area contributed by atoms with Gasteiger partial charge in [-0.25, -0.2) is 0 Å². The third kappa shape index (κ3) is 7.83. The van der Waals surface area contributed by atoms with E-state index in [0.29, 0.717) is 0 Å². The van der Waals surface area contributed by atoms with Gasteiger partial charge in [-0.15, -0.1) is 0 Å². The van der Waals surface area contributed by atoms with Crippen LogP contribution in [0.2, 0.25) is 0 Å². The van der Waals surface area contributed by atoms with Crippen LogP contribution in [0.4, 0.5) is 0 Å². The molecule has 0 aromatic heterocycles. The third-order valence-corrected chi connectivity index (χ3v) is 7.13. The molecule has 6 atom stereocenters. The van der Waals surface area contributed by atoms with Crippen molar-refractivity contribution in [3.63, 3.8) is 0 Å². The Balaban J connectivity index is -0.000000313. The second kappa shape index (κ2) is 14.0. The fourth-order valence-corrected chi connectivity index (χ4v) is 3.88. The van der Waals surface area contributed by atoms with E-state index in [9.17, 15) is 0 Å². The number of hydrogen-bond donors (Lipinski definition) is 0. The van der Waals surface area contributed by atoms with Gasteiger partial charge in [0.1, 0.15) is 0 Å². The zero-order valence-corrected chi connectivity index (χ0v) is 22.7. The molecule has 0 heterocycles. The van der Waals surface area contributed by atoms with Crippen LogP contribution in [0.15, 0.2) is 22.3 Å². The fourth-order valence-electron chi connectivity index (χ4n) is 3.88. The first kappa shape index (κ1) is 30.7. The van der Waals surface area contributed by atoms with Gasteiger partial charge >= 0.3 is 37.9 Å². The predicted molar refractivity (Wildman–Crippen MR) is 116 cm³/mol. The maximum absolute atomic E-state index is 4.93. The molecule has 0 radical (unpaired) electrons. The van der Waals surface area contributed by atoms with Crippen LogP contribution in [0.5, 0.6) is 0 Å². The Hall–Kier alpha value is 0.943. The van der Waals surface area contributed by atoms with Crippen molar-refractivity contribution in [1.29, 1.82) is 0 Å². The van der Waals surface area contributed by atoms with E-state index in [1.165, 1.54) is 0 Å². The van der Waals surface area contributed by atoms with E-state index in [1.54, 1.807) is 22.3 Å². The van der Waals surface area contributed by atoms with E-state index in [-0.39, 0.29) is 14.9 Å². The first-order chi connectivity index (χ1) is 10.5. The third-order valence-electron chi connectivity index (χ3n) is 7.13. The molecule has 3 heteroatoms.